The van der Waals surface area contributed by atoms with Crippen LogP contribution in [-0.2, 0) is 0 Å². The lowest BCUT2D eigenvalue weighted by molar-refractivity contribution is -0.181. The molecule has 0 aliphatic heterocycles. The minimum Gasteiger partial charge on any atom is -0.0850 e. The molecule has 0 aromatic carbocycles. The number of allylic oxidation sites excluding steroid dienone is 2. The molecule has 0 N–H and O–H groups in total. The first-order chi connectivity index (χ1) is 7.05. The number of fused-ring (bicyclic) bond motifs is 1. The maximum atomic E-state index is 2.56. The van der Waals surface area contributed by atoms with E-state index in [1.165, 1.54) is 19.3 Å². The van der Waals surface area contributed by atoms with E-state index >= 15 is 0 Å². The van der Waals surface area contributed by atoms with Gasteiger partial charge in [-0.25, -0.2) is 0 Å². The molecule has 2 unspecified atom stereocenters. The van der Waals surface area contributed by atoms with Gasteiger partial charge in [0.2, 0.25) is 0 Å². The standard InChI is InChI=1S/C15H24/c1-9(2)11-7-8-15(4)12-6-5-10(3)14(15)13(11)12/h5,9,11-14H,6-8H2,1-4H3/t11-,12-,13?,14+,15?/m0/s1. The molecule has 0 radical (unpaired) electrons. The van der Waals surface area contributed by atoms with E-state index in [9.17, 15) is 0 Å². The van der Waals surface area contributed by atoms with Crippen molar-refractivity contribution in [2.75, 3.05) is 0 Å². The minimum atomic E-state index is 0.703. The summed E-state index contributed by atoms with van der Waals surface area (Å²) >= 11 is 0. The highest BCUT2D eigenvalue weighted by Crippen LogP contribution is 2.71. The summed E-state index contributed by atoms with van der Waals surface area (Å²) < 4.78 is 0. The Morgan fingerprint density at radius 1 is 1.40 bits per heavy atom. The van der Waals surface area contributed by atoms with Crippen LogP contribution in [0.3, 0.4) is 0 Å². The molecular weight excluding hydrogens is 180 g/mol. The normalized spacial score (nSPS) is 52.5. The van der Waals surface area contributed by atoms with Gasteiger partial charge in [-0.3, -0.25) is 0 Å². The van der Waals surface area contributed by atoms with Crippen molar-refractivity contribution in [3.05, 3.63) is 11.6 Å². The number of hydrogen-bond acceptors (Lipinski definition) is 0. The van der Waals surface area contributed by atoms with Crippen molar-refractivity contribution in [3.63, 3.8) is 0 Å². The molecule has 5 atom stereocenters. The van der Waals surface area contributed by atoms with E-state index in [2.05, 4.69) is 33.8 Å². The topological polar surface area (TPSA) is 0 Å². The molecule has 0 heteroatoms. The monoisotopic (exact) mass is 204 g/mol. The molecule has 2 fully saturated rings. The van der Waals surface area contributed by atoms with E-state index in [1.54, 1.807) is 5.57 Å². The third-order valence-corrected chi connectivity index (χ3v) is 5.96. The Kier molecular flexibility index (Phi) is 1.92. The van der Waals surface area contributed by atoms with Gasteiger partial charge in [-0.1, -0.05) is 32.4 Å². The van der Waals surface area contributed by atoms with E-state index in [1.807, 2.05) is 0 Å². The van der Waals surface area contributed by atoms with Crippen molar-refractivity contribution < 1.29 is 0 Å². The fourth-order valence-corrected chi connectivity index (χ4v) is 5.25. The molecule has 0 aromatic rings. The van der Waals surface area contributed by atoms with Gasteiger partial charge < -0.3 is 0 Å². The first-order valence-electron chi connectivity index (χ1n) is 6.72. The van der Waals surface area contributed by atoms with Crippen LogP contribution in [0.15, 0.2) is 11.6 Å². The highest BCUT2D eigenvalue weighted by atomic mass is 14.7. The SMILES string of the molecule is CC1=CC[C@H]2C3[C@H](C(C)C)CCC2(C)[C@H]13. The number of hydrogen-bond donors (Lipinski definition) is 0. The van der Waals surface area contributed by atoms with Crippen LogP contribution >= 0.6 is 0 Å². The second kappa shape index (κ2) is 2.90. The molecule has 4 aliphatic rings. The minimum absolute atomic E-state index is 0.703. The van der Waals surface area contributed by atoms with Crippen LogP contribution in [0.4, 0.5) is 0 Å². The molecule has 4 bridgehead atoms. The molecule has 0 aromatic heterocycles. The number of rotatable bonds is 1. The van der Waals surface area contributed by atoms with Crippen LogP contribution in [0.5, 0.6) is 0 Å². The summed E-state index contributed by atoms with van der Waals surface area (Å²) in [6.07, 6.45) is 6.90. The van der Waals surface area contributed by atoms with Gasteiger partial charge in [0.1, 0.15) is 0 Å². The highest BCUT2D eigenvalue weighted by Gasteiger charge is 2.64. The lowest BCUT2D eigenvalue weighted by Crippen LogP contribution is -2.63. The van der Waals surface area contributed by atoms with E-state index in [4.69, 9.17) is 0 Å². The summed E-state index contributed by atoms with van der Waals surface area (Å²) in [6, 6.07) is 0. The van der Waals surface area contributed by atoms with Gasteiger partial charge in [-0.2, -0.15) is 0 Å². The molecule has 0 saturated heterocycles. The van der Waals surface area contributed by atoms with Crippen molar-refractivity contribution in [1.82, 2.24) is 0 Å². The maximum Gasteiger partial charge on any atom is -0.0115 e. The summed E-state index contributed by atoms with van der Waals surface area (Å²) in [5, 5.41) is 0. The van der Waals surface area contributed by atoms with Crippen LogP contribution in [0.25, 0.3) is 0 Å². The summed E-state index contributed by atoms with van der Waals surface area (Å²) in [7, 11) is 0. The zero-order chi connectivity index (χ0) is 10.8. The molecule has 2 saturated carbocycles. The fraction of sp³-hybridized carbons (Fsp3) is 0.867. The second-order valence-corrected chi connectivity index (χ2v) is 6.80. The first-order valence-corrected chi connectivity index (χ1v) is 6.72. The van der Waals surface area contributed by atoms with Gasteiger partial charge in [-0.15, -0.1) is 0 Å². The van der Waals surface area contributed by atoms with Gasteiger partial charge in [0.25, 0.3) is 0 Å². The van der Waals surface area contributed by atoms with E-state index in [-0.39, 0.29) is 0 Å². The van der Waals surface area contributed by atoms with Crippen molar-refractivity contribution >= 4 is 0 Å². The lowest BCUT2D eigenvalue weighted by Gasteiger charge is -2.70. The second-order valence-electron chi connectivity index (χ2n) is 6.80. The molecule has 0 spiro atoms. The largest absolute Gasteiger partial charge is 0.0850 e. The summed E-state index contributed by atoms with van der Waals surface area (Å²) in [5.74, 6) is 4.96. The molecule has 84 valence electrons. The molecule has 0 nitrogen and oxygen atoms in total. The fourth-order valence-electron chi connectivity index (χ4n) is 5.25. The zero-order valence-electron chi connectivity index (χ0n) is 10.6. The maximum absolute atomic E-state index is 2.56. The molecule has 0 heterocycles. The Bertz CT molecular complexity index is 312. The van der Waals surface area contributed by atoms with Gasteiger partial charge >= 0.3 is 0 Å². The van der Waals surface area contributed by atoms with Gasteiger partial charge in [0.15, 0.2) is 0 Å². The summed E-state index contributed by atoms with van der Waals surface area (Å²) in [5.41, 5.74) is 2.42. The van der Waals surface area contributed by atoms with Crippen molar-refractivity contribution in [2.24, 2.45) is 35.0 Å². The smallest absolute Gasteiger partial charge is 0.0115 e. The third kappa shape index (κ3) is 1.04. The Balaban J connectivity index is 1.95. The molecule has 4 rings (SSSR count). The quantitative estimate of drug-likeness (QED) is 0.559. The van der Waals surface area contributed by atoms with Gasteiger partial charge in [-0.05, 0) is 61.2 Å². The molecule has 15 heavy (non-hydrogen) atoms. The van der Waals surface area contributed by atoms with Crippen molar-refractivity contribution in [1.29, 1.82) is 0 Å². The van der Waals surface area contributed by atoms with Crippen LogP contribution in [0.1, 0.15) is 47.0 Å². The van der Waals surface area contributed by atoms with E-state index in [0.29, 0.717) is 5.41 Å². The predicted octanol–water partition coefficient (Wildman–Crippen LogP) is 4.27. The van der Waals surface area contributed by atoms with E-state index < -0.39 is 0 Å². The van der Waals surface area contributed by atoms with E-state index in [0.717, 1.165) is 29.6 Å². The average molecular weight is 204 g/mol. The average Bonchev–Trinajstić information content (AvgIpc) is 2.17. The van der Waals surface area contributed by atoms with Crippen LogP contribution in [0.2, 0.25) is 0 Å². The van der Waals surface area contributed by atoms with Crippen molar-refractivity contribution in [3.8, 4) is 0 Å². The molecule has 4 aliphatic carbocycles. The van der Waals surface area contributed by atoms with Gasteiger partial charge in [0, 0.05) is 0 Å². The lowest BCUT2D eigenvalue weighted by atomic mass is 9.34. The van der Waals surface area contributed by atoms with Crippen molar-refractivity contribution in [2.45, 2.75) is 47.0 Å². The molecule has 0 amide bonds. The first kappa shape index (κ1) is 9.93. The highest BCUT2D eigenvalue weighted by molar-refractivity contribution is 5.28. The Morgan fingerprint density at radius 2 is 2.13 bits per heavy atom. The Labute approximate surface area is 94.1 Å². The van der Waals surface area contributed by atoms with Crippen LogP contribution in [0, 0.1) is 35.0 Å². The Hall–Kier alpha value is -0.260. The summed E-state index contributed by atoms with van der Waals surface area (Å²) in [6.45, 7) is 9.81. The van der Waals surface area contributed by atoms with Crippen LogP contribution in [-0.4, -0.2) is 0 Å². The van der Waals surface area contributed by atoms with Gasteiger partial charge in [0.05, 0.1) is 0 Å². The van der Waals surface area contributed by atoms with Crippen LogP contribution < -0.4 is 0 Å². The predicted molar refractivity (Wildman–Crippen MR) is 64.5 cm³/mol. The Morgan fingerprint density at radius 3 is 2.73 bits per heavy atom. The third-order valence-electron chi connectivity index (χ3n) is 5.96. The molecular formula is C15H24. The summed E-state index contributed by atoms with van der Waals surface area (Å²) in [4.78, 5) is 0. The zero-order valence-corrected chi connectivity index (χ0v) is 10.6.